The van der Waals surface area contributed by atoms with Crippen molar-refractivity contribution in [2.45, 2.75) is 46.6 Å². The van der Waals surface area contributed by atoms with Gasteiger partial charge in [-0.1, -0.05) is 32.4 Å². The Kier molecular flexibility index (Phi) is 4.66. The lowest BCUT2D eigenvalue weighted by Gasteiger charge is -2.09. The van der Waals surface area contributed by atoms with E-state index >= 15 is 0 Å². The number of hydrogen-bond acceptors (Lipinski definition) is 3. The smallest absolute Gasteiger partial charge is 0.241 e. The average molecular weight is 273 g/mol. The predicted molar refractivity (Wildman–Crippen MR) is 82.2 cm³/mol. The van der Waals surface area contributed by atoms with Crippen LogP contribution in [-0.4, -0.2) is 9.78 Å². The first-order valence-electron chi connectivity index (χ1n) is 7.25. The van der Waals surface area contributed by atoms with Crippen molar-refractivity contribution in [2.75, 3.05) is 5.73 Å². The van der Waals surface area contributed by atoms with E-state index in [4.69, 9.17) is 10.5 Å². The van der Waals surface area contributed by atoms with E-state index in [1.807, 2.05) is 23.7 Å². The zero-order valence-corrected chi connectivity index (χ0v) is 12.5. The third-order valence-corrected chi connectivity index (χ3v) is 3.24. The average Bonchev–Trinajstić information content (AvgIpc) is 2.70. The molecule has 4 heteroatoms. The van der Waals surface area contributed by atoms with Crippen LogP contribution in [0.25, 0.3) is 0 Å². The summed E-state index contributed by atoms with van der Waals surface area (Å²) in [6.07, 6.45) is 3.23. The monoisotopic (exact) mass is 273 g/mol. The third-order valence-electron chi connectivity index (χ3n) is 3.24. The molecule has 2 aromatic rings. The number of hydrogen-bond donors (Lipinski definition) is 1. The topological polar surface area (TPSA) is 53.1 Å². The molecule has 0 aliphatic carbocycles. The predicted octanol–water partition coefficient (Wildman–Crippen LogP) is 3.93. The van der Waals surface area contributed by atoms with Gasteiger partial charge in [0.2, 0.25) is 5.88 Å². The number of nitrogens with zero attached hydrogens (tertiary/aromatic N) is 2. The summed E-state index contributed by atoms with van der Waals surface area (Å²) >= 11 is 0. The highest BCUT2D eigenvalue weighted by Gasteiger charge is 2.14. The molecule has 108 valence electrons. The Labute approximate surface area is 120 Å². The van der Waals surface area contributed by atoms with Gasteiger partial charge in [0.05, 0.1) is 5.69 Å². The van der Waals surface area contributed by atoms with Gasteiger partial charge in [-0.25, -0.2) is 4.68 Å². The highest BCUT2D eigenvalue weighted by Crippen LogP contribution is 2.30. The standard InChI is InChI=1S/C16H23N3O/c1-4-6-13-7-9-14(10-8-13)20-16-15(17)12(3)18-19(16)11-5-2/h7-10H,4-6,11,17H2,1-3H3. The van der Waals surface area contributed by atoms with Crippen molar-refractivity contribution in [3.8, 4) is 11.6 Å². The molecule has 0 radical (unpaired) electrons. The van der Waals surface area contributed by atoms with Crippen LogP contribution < -0.4 is 10.5 Å². The SMILES string of the molecule is CCCc1ccc(Oc2c(N)c(C)nn2CCC)cc1. The molecule has 0 amide bonds. The van der Waals surface area contributed by atoms with Crippen molar-refractivity contribution in [2.24, 2.45) is 0 Å². The fourth-order valence-corrected chi connectivity index (χ4v) is 2.17. The van der Waals surface area contributed by atoms with Crippen molar-refractivity contribution in [1.29, 1.82) is 0 Å². The highest BCUT2D eigenvalue weighted by molar-refractivity contribution is 5.54. The van der Waals surface area contributed by atoms with Gasteiger partial charge in [0.25, 0.3) is 0 Å². The second-order valence-corrected chi connectivity index (χ2v) is 5.02. The number of aromatic nitrogens is 2. The fraction of sp³-hybridized carbons (Fsp3) is 0.438. The van der Waals surface area contributed by atoms with E-state index in [0.29, 0.717) is 11.6 Å². The molecule has 0 atom stereocenters. The Morgan fingerprint density at radius 3 is 2.45 bits per heavy atom. The van der Waals surface area contributed by atoms with Crippen LogP contribution in [0.2, 0.25) is 0 Å². The van der Waals surface area contributed by atoms with E-state index in [1.54, 1.807) is 0 Å². The van der Waals surface area contributed by atoms with Crippen LogP contribution >= 0.6 is 0 Å². The maximum absolute atomic E-state index is 6.05. The molecule has 0 spiro atoms. The summed E-state index contributed by atoms with van der Waals surface area (Å²) in [4.78, 5) is 0. The molecule has 2 N–H and O–H groups in total. The fourth-order valence-electron chi connectivity index (χ4n) is 2.17. The zero-order valence-electron chi connectivity index (χ0n) is 12.5. The van der Waals surface area contributed by atoms with Gasteiger partial charge in [-0.05, 0) is 37.5 Å². The normalized spacial score (nSPS) is 10.8. The first-order chi connectivity index (χ1) is 9.65. The number of nitrogens with two attached hydrogens (primary N) is 1. The molecule has 0 saturated heterocycles. The number of nitrogen functional groups attached to an aromatic ring is 1. The van der Waals surface area contributed by atoms with Crippen molar-refractivity contribution in [1.82, 2.24) is 9.78 Å². The lowest BCUT2D eigenvalue weighted by atomic mass is 10.1. The van der Waals surface area contributed by atoms with Gasteiger partial charge in [0.1, 0.15) is 11.4 Å². The molecule has 0 saturated carbocycles. The Bertz CT molecular complexity index is 558. The summed E-state index contributed by atoms with van der Waals surface area (Å²) < 4.78 is 7.76. The van der Waals surface area contributed by atoms with Crippen LogP contribution in [0.1, 0.15) is 37.9 Å². The zero-order chi connectivity index (χ0) is 14.5. The molecule has 0 aliphatic rings. The van der Waals surface area contributed by atoms with E-state index in [1.165, 1.54) is 5.56 Å². The lowest BCUT2D eigenvalue weighted by Crippen LogP contribution is -2.02. The largest absolute Gasteiger partial charge is 0.437 e. The summed E-state index contributed by atoms with van der Waals surface area (Å²) in [5, 5.41) is 4.41. The van der Waals surface area contributed by atoms with Crippen LogP contribution in [-0.2, 0) is 13.0 Å². The lowest BCUT2D eigenvalue weighted by molar-refractivity contribution is 0.410. The van der Waals surface area contributed by atoms with Crippen molar-refractivity contribution >= 4 is 5.69 Å². The van der Waals surface area contributed by atoms with Crippen LogP contribution in [0.3, 0.4) is 0 Å². The minimum Gasteiger partial charge on any atom is -0.437 e. The van der Waals surface area contributed by atoms with Crippen LogP contribution in [0.5, 0.6) is 11.6 Å². The summed E-state index contributed by atoms with van der Waals surface area (Å²) in [5.41, 5.74) is 8.81. The Morgan fingerprint density at radius 1 is 1.15 bits per heavy atom. The minimum absolute atomic E-state index is 0.621. The summed E-state index contributed by atoms with van der Waals surface area (Å²) in [6.45, 7) is 6.99. The third kappa shape index (κ3) is 3.13. The van der Waals surface area contributed by atoms with Gasteiger partial charge in [0.15, 0.2) is 0 Å². The Hall–Kier alpha value is -1.97. The van der Waals surface area contributed by atoms with Gasteiger partial charge in [-0.3, -0.25) is 0 Å². The summed E-state index contributed by atoms with van der Waals surface area (Å²) in [6, 6.07) is 8.18. The van der Waals surface area contributed by atoms with Crippen LogP contribution in [0.4, 0.5) is 5.69 Å². The molecule has 0 aliphatic heterocycles. The van der Waals surface area contributed by atoms with Crippen LogP contribution in [0.15, 0.2) is 24.3 Å². The molecule has 1 heterocycles. The highest BCUT2D eigenvalue weighted by atomic mass is 16.5. The molecule has 20 heavy (non-hydrogen) atoms. The summed E-state index contributed by atoms with van der Waals surface area (Å²) in [5.74, 6) is 1.45. The molecule has 2 rings (SSSR count). The van der Waals surface area contributed by atoms with E-state index in [9.17, 15) is 0 Å². The molecule has 4 nitrogen and oxygen atoms in total. The molecular formula is C16H23N3O. The molecule has 0 unspecified atom stereocenters. The molecule has 0 fully saturated rings. The number of aryl methyl sites for hydroxylation is 3. The second kappa shape index (κ2) is 6.46. The first-order valence-corrected chi connectivity index (χ1v) is 7.25. The first kappa shape index (κ1) is 14.4. The maximum atomic E-state index is 6.05. The van der Waals surface area contributed by atoms with Gasteiger partial charge >= 0.3 is 0 Å². The van der Waals surface area contributed by atoms with Crippen molar-refractivity contribution in [3.63, 3.8) is 0 Å². The Morgan fingerprint density at radius 2 is 1.85 bits per heavy atom. The number of rotatable bonds is 6. The quantitative estimate of drug-likeness (QED) is 0.867. The molecule has 1 aromatic carbocycles. The van der Waals surface area contributed by atoms with Crippen LogP contribution in [0, 0.1) is 6.92 Å². The van der Waals surface area contributed by atoms with E-state index < -0.39 is 0 Å². The molecule has 0 bridgehead atoms. The number of ether oxygens (including phenoxy) is 1. The van der Waals surface area contributed by atoms with Gasteiger partial charge in [0, 0.05) is 6.54 Å². The van der Waals surface area contributed by atoms with Gasteiger partial charge < -0.3 is 10.5 Å². The minimum atomic E-state index is 0.621. The van der Waals surface area contributed by atoms with Gasteiger partial charge in [-0.15, -0.1) is 0 Å². The molecule has 1 aromatic heterocycles. The van der Waals surface area contributed by atoms with Gasteiger partial charge in [-0.2, -0.15) is 5.10 Å². The van der Waals surface area contributed by atoms with Crippen molar-refractivity contribution < 1.29 is 4.74 Å². The van der Waals surface area contributed by atoms with E-state index in [0.717, 1.165) is 37.3 Å². The maximum Gasteiger partial charge on any atom is 0.241 e. The number of benzene rings is 1. The Balaban J connectivity index is 2.20. The van der Waals surface area contributed by atoms with E-state index in [2.05, 4.69) is 31.1 Å². The van der Waals surface area contributed by atoms with E-state index in [-0.39, 0.29) is 0 Å². The van der Waals surface area contributed by atoms with Crippen molar-refractivity contribution in [3.05, 3.63) is 35.5 Å². The second-order valence-electron chi connectivity index (χ2n) is 5.02. The number of anilines is 1. The molecular weight excluding hydrogens is 250 g/mol. The summed E-state index contributed by atoms with van der Waals surface area (Å²) in [7, 11) is 0.